The molecule has 8 nitrogen and oxygen atoms in total. The number of rotatable bonds is 7. The molecular formula is C20H22N4O4S2. The van der Waals surface area contributed by atoms with Crippen LogP contribution in [0.4, 0.5) is 5.69 Å². The zero-order valence-electron chi connectivity index (χ0n) is 16.8. The zero-order chi connectivity index (χ0) is 21.3. The van der Waals surface area contributed by atoms with Crippen LogP contribution in [0.2, 0.25) is 0 Å². The molecule has 0 bridgehead atoms. The third-order valence-corrected chi connectivity index (χ3v) is 7.85. The van der Waals surface area contributed by atoms with E-state index in [-0.39, 0.29) is 16.6 Å². The molecule has 2 aromatic heterocycles. The van der Waals surface area contributed by atoms with Gasteiger partial charge in [-0.05, 0) is 24.3 Å². The Kier molecular flexibility index (Phi) is 5.83. The van der Waals surface area contributed by atoms with Gasteiger partial charge in [0.15, 0.2) is 11.3 Å². The Morgan fingerprint density at radius 2 is 2.00 bits per heavy atom. The molecule has 10 heteroatoms. The Hall–Kier alpha value is -2.40. The van der Waals surface area contributed by atoms with Crippen LogP contribution in [0, 0.1) is 0 Å². The molecule has 0 aliphatic carbocycles. The lowest BCUT2D eigenvalue weighted by atomic mass is 10.2. The number of fused-ring (bicyclic) bond motifs is 1. The number of ether oxygens (including phenoxy) is 2. The molecule has 0 radical (unpaired) electrons. The van der Waals surface area contributed by atoms with Crippen LogP contribution in [0.5, 0.6) is 0 Å². The summed E-state index contributed by atoms with van der Waals surface area (Å²) < 4.78 is 38.0. The molecule has 0 saturated carbocycles. The fraction of sp³-hybridized carbons (Fsp3) is 0.300. The number of hydrogen-bond donors (Lipinski definition) is 1. The van der Waals surface area contributed by atoms with E-state index in [0.717, 1.165) is 21.6 Å². The highest BCUT2D eigenvalue weighted by molar-refractivity contribution is 8.15. The second-order valence-electron chi connectivity index (χ2n) is 6.71. The molecule has 1 aliphatic heterocycles. The maximum absolute atomic E-state index is 13.0. The van der Waals surface area contributed by atoms with Gasteiger partial charge in [-0.3, -0.25) is 9.30 Å². The van der Waals surface area contributed by atoms with Crippen LogP contribution in [0.25, 0.3) is 10.9 Å². The monoisotopic (exact) mass is 446 g/mol. The van der Waals surface area contributed by atoms with E-state index in [1.54, 1.807) is 44.2 Å². The van der Waals surface area contributed by atoms with E-state index < -0.39 is 10.0 Å². The topological polar surface area (TPSA) is 96.9 Å². The first kappa shape index (κ1) is 20.9. The van der Waals surface area contributed by atoms with E-state index in [2.05, 4.69) is 15.0 Å². The van der Waals surface area contributed by atoms with Crippen molar-refractivity contribution in [1.29, 1.82) is 0 Å². The first-order valence-electron chi connectivity index (χ1n) is 9.24. The van der Waals surface area contributed by atoms with Gasteiger partial charge in [0, 0.05) is 32.9 Å². The minimum atomic E-state index is -3.79. The number of hydrogen-bond acceptors (Lipinski definition) is 7. The van der Waals surface area contributed by atoms with Gasteiger partial charge in [0.1, 0.15) is 5.04 Å². The highest BCUT2D eigenvalue weighted by Crippen LogP contribution is 2.33. The van der Waals surface area contributed by atoms with Gasteiger partial charge in [0.25, 0.3) is 10.0 Å². The van der Waals surface area contributed by atoms with Gasteiger partial charge in [0.2, 0.25) is 0 Å². The average Bonchev–Trinajstić information content (AvgIpc) is 3.42. The van der Waals surface area contributed by atoms with Crippen molar-refractivity contribution < 1.29 is 17.9 Å². The van der Waals surface area contributed by atoms with Crippen LogP contribution in [0.3, 0.4) is 0 Å². The number of sulfonamides is 1. The predicted molar refractivity (Wildman–Crippen MR) is 119 cm³/mol. The molecule has 30 heavy (non-hydrogen) atoms. The fourth-order valence-corrected chi connectivity index (χ4v) is 5.66. The van der Waals surface area contributed by atoms with Gasteiger partial charge in [-0.1, -0.05) is 30.0 Å². The van der Waals surface area contributed by atoms with E-state index in [0.29, 0.717) is 12.2 Å². The molecule has 0 spiro atoms. The molecule has 3 aromatic rings. The van der Waals surface area contributed by atoms with E-state index >= 15 is 0 Å². The van der Waals surface area contributed by atoms with Crippen molar-refractivity contribution in [2.24, 2.45) is 4.99 Å². The summed E-state index contributed by atoms with van der Waals surface area (Å²) in [5.41, 5.74) is 2.09. The molecule has 0 amide bonds. The average molecular weight is 447 g/mol. The minimum Gasteiger partial charge on any atom is -0.355 e. The number of aromatic amines is 1. The number of nitrogens with zero attached hydrogens (tertiary/aromatic N) is 3. The number of para-hydroxylation sites is 1. The lowest BCUT2D eigenvalue weighted by molar-refractivity contribution is -0.0994. The molecule has 1 unspecified atom stereocenters. The first-order chi connectivity index (χ1) is 14.5. The van der Waals surface area contributed by atoms with Gasteiger partial charge >= 0.3 is 0 Å². The van der Waals surface area contributed by atoms with Crippen molar-refractivity contribution >= 4 is 43.4 Å². The maximum Gasteiger partial charge on any atom is 0.281 e. The molecular weight excluding hydrogens is 424 g/mol. The van der Waals surface area contributed by atoms with Crippen LogP contribution < -0.4 is 4.31 Å². The normalized spacial score (nSPS) is 16.9. The lowest BCUT2D eigenvalue weighted by Crippen LogP contribution is -2.28. The molecule has 4 rings (SSSR count). The van der Waals surface area contributed by atoms with Crippen molar-refractivity contribution in [1.82, 2.24) is 9.97 Å². The lowest BCUT2D eigenvalue weighted by Gasteiger charge is -2.19. The summed E-state index contributed by atoms with van der Waals surface area (Å²) in [5.74, 6) is 0. The van der Waals surface area contributed by atoms with Crippen molar-refractivity contribution in [3.63, 3.8) is 0 Å². The van der Waals surface area contributed by atoms with Crippen molar-refractivity contribution in [3.8, 4) is 0 Å². The van der Waals surface area contributed by atoms with E-state index in [1.165, 1.54) is 23.6 Å². The zero-order valence-corrected chi connectivity index (χ0v) is 18.4. The number of aromatic nitrogens is 2. The number of anilines is 1. The summed E-state index contributed by atoms with van der Waals surface area (Å²) >= 11 is 1.58. The SMILES string of the molecule is COC(OC)C1CN=C(c2cc3cccc(N(C)S(=O)(=O)c4ccccn4)c3[nH]2)S1. The number of methoxy groups -OCH3 is 2. The number of H-pyrrole nitrogens is 1. The second-order valence-corrected chi connectivity index (χ2v) is 9.85. The van der Waals surface area contributed by atoms with Gasteiger partial charge in [-0.2, -0.15) is 8.42 Å². The standard InChI is InChI=1S/C20H22N4O4S2/c1-24(30(25,26)17-9-4-5-10-21-17)15-8-6-7-13-11-14(23-18(13)15)19-22-12-16(29-19)20(27-2)28-3/h4-11,16,20,23H,12H2,1-3H3. The molecule has 0 saturated heterocycles. The van der Waals surface area contributed by atoms with Gasteiger partial charge in [0.05, 0.1) is 28.7 Å². The van der Waals surface area contributed by atoms with Gasteiger partial charge in [-0.15, -0.1) is 0 Å². The Labute approximate surface area is 179 Å². The molecule has 3 heterocycles. The van der Waals surface area contributed by atoms with Crippen LogP contribution >= 0.6 is 11.8 Å². The van der Waals surface area contributed by atoms with E-state index in [9.17, 15) is 8.42 Å². The predicted octanol–water partition coefficient (Wildman–Crippen LogP) is 2.87. The molecule has 1 N–H and O–H groups in total. The Morgan fingerprint density at radius 3 is 2.70 bits per heavy atom. The number of thioether (sulfide) groups is 1. The van der Waals surface area contributed by atoms with Crippen LogP contribution in [0.15, 0.2) is 58.7 Å². The smallest absolute Gasteiger partial charge is 0.281 e. The summed E-state index contributed by atoms with van der Waals surface area (Å²) in [5, 5.41) is 1.80. The third kappa shape index (κ3) is 3.71. The number of pyridine rings is 1. The van der Waals surface area contributed by atoms with Gasteiger partial charge in [-0.25, -0.2) is 4.98 Å². The Balaban J connectivity index is 1.67. The maximum atomic E-state index is 13.0. The fourth-order valence-electron chi connectivity index (χ4n) is 3.37. The van der Waals surface area contributed by atoms with E-state index in [4.69, 9.17) is 9.47 Å². The summed E-state index contributed by atoms with van der Waals surface area (Å²) in [6.45, 7) is 0.586. The Morgan fingerprint density at radius 1 is 1.20 bits per heavy atom. The second kappa shape index (κ2) is 8.38. The quantitative estimate of drug-likeness (QED) is 0.561. The molecule has 1 atom stereocenters. The summed E-state index contributed by atoms with van der Waals surface area (Å²) in [4.78, 5) is 12.0. The molecule has 0 fully saturated rings. The third-order valence-electron chi connectivity index (χ3n) is 4.91. The summed E-state index contributed by atoms with van der Waals surface area (Å²) in [6.07, 6.45) is 1.12. The number of aliphatic imine (C=N–C) groups is 1. The summed E-state index contributed by atoms with van der Waals surface area (Å²) in [7, 11) is 0.962. The number of benzene rings is 1. The molecule has 1 aromatic carbocycles. The first-order valence-corrected chi connectivity index (χ1v) is 11.6. The minimum absolute atomic E-state index is 0.0000194. The van der Waals surface area contributed by atoms with Gasteiger partial charge < -0.3 is 14.5 Å². The van der Waals surface area contributed by atoms with Crippen LogP contribution in [-0.2, 0) is 19.5 Å². The highest BCUT2D eigenvalue weighted by atomic mass is 32.2. The largest absolute Gasteiger partial charge is 0.355 e. The molecule has 1 aliphatic rings. The number of nitrogens with one attached hydrogen (secondary N) is 1. The molecule has 158 valence electrons. The van der Waals surface area contributed by atoms with E-state index in [1.807, 2.05) is 18.2 Å². The highest BCUT2D eigenvalue weighted by Gasteiger charge is 2.30. The van der Waals surface area contributed by atoms with Crippen LogP contribution in [0.1, 0.15) is 5.69 Å². The van der Waals surface area contributed by atoms with Crippen LogP contribution in [-0.4, -0.2) is 62.8 Å². The van der Waals surface area contributed by atoms with Crippen molar-refractivity contribution in [2.75, 3.05) is 32.1 Å². The summed E-state index contributed by atoms with van der Waals surface area (Å²) in [6, 6.07) is 12.3. The van der Waals surface area contributed by atoms with Crippen molar-refractivity contribution in [2.45, 2.75) is 16.6 Å². The Bertz CT molecular complexity index is 1170. The van der Waals surface area contributed by atoms with Crippen molar-refractivity contribution in [3.05, 3.63) is 54.4 Å².